The monoisotopic (exact) mass is 147 g/mol. The van der Waals surface area contributed by atoms with Gasteiger partial charge in [-0.1, -0.05) is 13.5 Å². The fourth-order valence-corrected chi connectivity index (χ4v) is 0.0645. The maximum atomic E-state index is 7.77. The van der Waals surface area contributed by atoms with Crippen molar-refractivity contribution in [3.05, 3.63) is 14.0 Å². The summed E-state index contributed by atoms with van der Waals surface area (Å²) in [4.78, 5) is 0. The summed E-state index contributed by atoms with van der Waals surface area (Å²) >= 11 is 0. The summed E-state index contributed by atoms with van der Waals surface area (Å²) in [6.45, 7) is 2.48. The maximum absolute atomic E-state index is 7.77. The summed E-state index contributed by atoms with van der Waals surface area (Å²) in [5.41, 5.74) is 0. The van der Waals surface area contributed by atoms with E-state index in [0.717, 1.165) is 6.61 Å². The van der Waals surface area contributed by atoms with Gasteiger partial charge < -0.3 is 18.5 Å². The zero-order valence-electron chi connectivity index (χ0n) is 4.33. The topological polar surface area (TPSA) is 20.2 Å². The van der Waals surface area contributed by atoms with E-state index in [-0.39, 0.29) is 24.5 Å². The first-order valence-electron chi connectivity index (χ1n) is 1.30. The van der Waals surface area contributed by atoms with E-state index in [1.54, 1.807) is 6.92 Å². The molecule has 0 rings (SSSR count). The van der Waals surface area contributed by atoms with E-state index in [0.29, 0.717) is 0 Å². The summed E-state index contributed by atoms with van der Waals surface area (Å²) < 4.78 is 0. The first kappa shape index (κ1) is 15.8. The van der Waals surface area contributed by atoms with E-state index >= 15 is 0 Å². The molecule has 0 heterocycles. The molecular formula is C5H8CuO. The third kappa shape index (κ3) is 24.8. The van der Waals surface area contributed by atoms with Crippen LogP contribution in [0.15, 0.2) is 0 Å². The van der Waals surface area contributed by atoms with Gasteiger partial charge in [-0.25, -0.2) is 0 Å². The fraction of sp³-hybridized carbons (Fsp3) is 0.200. The minimum atomic E-state index is 0. The standard InChI is InChI=1S/C4H5O.CH3.Cu/c1-2-3-4-5;;/h4-5H,1H3;1H3;/q2*-1;+2. The third-order valence-corrected chi connectivity index (χ3v) is 0.209. The third-order valence-electron chi connectivity index (χ3n) is 0.209. The zero-order chi connectivity index (χ0) is 4.12. The van der Waals surface area contributed by atoms with Gasteiger partial charge in [0.25, 0.3) is 0 Å². The second-order valence-corrected chi connectivity index (χ2v) is 0.523. The molecule has 0 amide bonds. The van der Waals surface area contributed by atoms with Crippen LogP contribution in [-0.2, 0) is 17.1 Å². The van der Waals surface area contributed by atoms with Crippen molar-refractivity contribution in [3.63, 3.8) is 0 Å². The molecule has 1 N–H and O–H groups in total. The summed E-state index contributed by atoms with van der Waals surface area (Å²) in [5, 5.41) is 7.77. The van der Waals surface area contributed by atoms with Gasteiger partial charge in [-0.15, -0.1) is 0 Å². The van der Waals surface area contributed by atoms with Crippen molar-refractivity contribution in [1.29, 1.82) is 0 Å². The van der Waals surface area contributed by atoms with Gasteiger partial charge in [-0.05, 0) is 0 Å². The van der Waals surface area contributed by atoms with E-state index in [1.165, 1.54) is 0 Å². The summed E-state index contributed by atoms with van der Waals surface area (Å²) in [6.07, 6.45) is 0. The zero-order valence-corrected chi connectivity index (χ0v) is 5.27. The van der Waals surface area contributed by atoms with Crippen LogP contribution >= 0.6 is 0 Å². The molecule has 0 aliphatic rings. The quantitative estimate of drug-likeness (QED) is 0.308. The molecule has 0 saturated heterocycles. The van der Waals surface area contributed by atoms with Gasteiger partial charge in [0.1, 0.15) is 0 Å². The predicted octanol–water partition coefficient (Wildman–Crippen LogP) is 0.992. The number of aliphatic hydroxyl groups is 1. The second kappa shape index (κ2) is 16.8. The molecule has 0 aliphatic heterocycles. The van der Waals surface area contributed by atoms with Crippen molar-refractivity contribution in [3.8, 4) is 11.8 Å². The molecule has 0 unspecified atom stereocenters. The molecule has 45 valence electrons. The Morgan fingerprint density at radius 1 is 1.57 bits per heavy atom. The van der Waals surface area contributed by atoms with E-state index in [4.69, 9.17) is 5.11 Å². The van der Waals surface area contributed by atoms with Crippen LogP contribution in [0.1, 0.15) is 6.92 Å². The summed E-state index contributed by atoms with van der Waals surface area (Å²) in [6, 6.07) is 0. The minimum absolute atomic E-state index is 0. The molecule has 0 aliphatic carbocycles. The van der Waals surface area contributed by atoms with Crippen LogP contribution in [0.4, 0.5) is 0 Å². The molecule has 0 bridgehead atoms. The molecule has 1 nitrogen and oxygen atoms in total. The van der Waals surface area contributed by atoms with E-state index in [1.807, 2.05) is 0 Å². The van der Waals surface area contributed by atoms with Crippen LogP contribution in [0.25, 0.3) is 0 Å². The van der Waals surface area contributed by atoms with E-state index in [2.05, 4.69) is 11.8 Å². The Hall–Kier alpha value is -0.0905. The molecule has 0 saturated carbocycles. The molecule has 0 aromatic carbocycles. The number of rotatable bonds is 0. The van der Waals surface area contributed by atoms with Crippen molar-refractivity contribution in [1.82, 2.24) is 0 Å². The molecule has 0 aromatic rings. The normalized spacial score (nSPS) is 3.14. The predicted molar refractivity (Wildman–Crippen MR) is 26.1 cm³/mol. The van der Waals surface area contributed by atoms with Crippen molar-refractivity contribution in [2.75, 3.05) is 0 Å². The first-order valence-corrected chi connectivity index (χ1v) is 1.30. The maximum Gasteiger partial charge on any atom is 2.00 e. The van der Waals surface area contributed by atoms with E-state index in [9.17, 15) is 0 Å². The second-order valence-electron chi connectivity index (χ2n) is 0.523. The van der Waals surface area contributed by atoms with E-state index < -0.39 is 0 Å². The first-order chi connectivity index (χ1) is 2.41. The molecule has 2 heteroatoms. The molecule has 0 atom stereocenters. The van der Waals surface area contributed by atoms with Crippen LogP contribution in [0, 0.1) is 25.9 Å². The molecule has 0 spiro atoms. The van der Waals surface area contributed by atoms with Gasteiger partial charge >= 0.3 is 17.1 Å². The minimum Gasteiger partial charge on any atom is -0.449 e. The Balaban J connectivity index is -0.0000000800. The van der Waals surface area contributed by atoms with Crippen LogP contribution in [0.2, 0.25) is 0 Å². The van der Waals surface area contributed by atoms with Gasteiger partial charge in [-0.2, -0.15) is 0 Å². The Bertz CT molecular complexity index is 60.2. The Morgan fingerprint density at radius 2 is 2.00 bits per heavy atom. The van der Waals surface area contributed by atoms with Crippen LogP contribution < -0.4 is 0 Å². The average Bonchev–Trinajstić information content (AvgIpc) is 1.41. The number of aliphatic hydroxyl groups excluding tert-OH is 1. The largest absolute Gasteiger partial charge is 2.00 e. The van der Waals surface area contributed by atoms with Gasteiger partial charge in [0.15, 0.2) is 0 Å². The Labute approximate surface area is 55.6 Å². The van der Waals surface area contributed by atoms with Crippen molar-refractivity contribution in [2.24, 2.45) is 0 Å². The SMILES string of the molecule is CC#C[CH-]O.[CH3-].[Cu+2]. The van der Waals surface area contributed by atoms with Gasteiger partial charge in [0, 0.05) is 0 Å². The van der Waals surface area contributed by atoms with Crippen LogP contribution in [-0.4, -0.2) is 5.11 Å². The molecule has 7 heavy (non-hydrogen) atoms. The molecule has 0 fully saturated rings. The summed E-state index contributed by atoms with van der Waals surface area (Å²) in [7, 11) is 0. The number of hydrogen-bond acceptors (Lipinski definition) is 1. The fourth-order valence-electron chi connectivity index (χ4n) is 0.0645. The van der Waals surface area contributed by atoms with Crippen molar-refractivity contribution >= 4 is 0 Å². The Kier molecular flexibility index (Phi) is 37.9. The van der Waals surface area contributed by atoms with Crippen molar-refractivity contribution in [2.45, 2.75) is 6.92 Å². The summed E-state index contributed by atoms with van der Waals surface area (Å²) in [5.74, 6) is 4.75. The molecule has 1 radical (unpaired) electrons. The van der Waals surface area contributed by atoms with Crippen LogP contribution in [0.3, 0.4) is 0 Å². The number of hydrogen-bond donors (Lipinski definition) is 1. The molecule has 0 aromatic heterocycles. The van der Waals surface area contributed by atoms with Gasteiger partial charge in [-0.3, -0.25) is 5.92 Å². The van der Waals surface area contributed by atoms with Gasteiger partial charge in [0.05, 0.1) is 0 Å². The van der Waals surface area contributed by atoms with Crippen LogP contribution in [0.5, 0.6) is 0 Å². The average molecular weight is 148 g/mol. The molecular weight excluding hydrogens is 140 g/mol. The Morgan fingerprint density at radius 3 is 2.00 bits per heavy atom. The van der Waals surface area contributed by atoms with Gasteiger partial charge in [0.2, 0.25) is 0 Å². The smallest absolute Gasteiger partial charge is 0.449 e. The van der Waals surface area contributed by atoms with Crippen molar-refractivity contribution < 1.29 is 22.2 Å².